The molecule has 0 radical (unpaired) electrons. The second kappa shape index (κ2) is 5.72. The van der Waals surface area contributed by atoms with Crippen LogP contribution >= 0.6 is 0 Å². The fourth-order valence-corrected chi connectivity index (χ4v) is 1.52. The van der Waals surface area contributed by atoms with E-state index in [1.54, 1.807) is 32.1 Å². The Morgan fingerprint density at radius 3 is 2.87 bits per heavy atom. The third-order valence-corrected chi connectivity index (χ3v) is 2.31. The van der Waals surface area contributed by atoms with Crippen LogP contribution in [0.3, 0.4) is 0 Å². The maximum Gasteiger partial charge on any atom is 0.162 e. The van der Waals surface area contributed by atoms with Gasteiger partial charge in [0.25, 0.3) is 0 Å². The summed E-state index contributed by atoms with van der Waals surface area (Å²) in [6.07, 6.45) is 2.51. The van der Waals surface area contributed by atoms with Gasteiger partial charge < -0.3 is 14.6 Å². The first kappa shape index (κ1) is 12.0. The Bertz CT molecular complexity index is 299. The molecule has 0 bridgehead atoms. The maximum atomic E-state index is 9.93. The van der Waals surface area contributed by atoms with Crippen molar-refractivity contribution in [3.8, 4) is 5.75 Å². The van der Waals surface area contributed by atoms with Crippen LogP contribution in [0.5, 0.6) is 5.75 Å². The van der Waals surface area contributed by atoms with Crippen molar-refractivity contribution < 1.29 is 14.6 Å². The molecular formula is C10H18N2O3. The molecule has 0 aromatic carbocycles. The number of ether oxygens (including phenoxy) is 2. The number of hydrogen-bond acceptors (Lipinski definition) is 4. The lowest BCUT2D eigenvalue weighted by Crippen LogP contribution is -2.07. The van der Waals surface area contributed by atoms with Crippen LogP contribution < -0.4 is 4.74 Å². The lowest BCUT2D eigenvalue weighted by atomic mass is 10.1. The summed E-state index contributed by atoms with van der Waals surface area (Å²) in [5, 5.41) is 14.0. The molecule has 1 aromatic heterocycles. The molecule has 0 saturated heterocycles. The summed E-state index contributed by atoms with van der Waals surface area (Å²) in [5.74, 6) is 0.627. The Labute approximate surface area is 89.6 Å². The minimum absolute atomic E-state index is 0.553. The molecule has 15 heavy (non-hydrogen) atoms. The molecule has 0 amide bonds. The van der Waals surface area contributed by atoms with Crippen LogP contribution in [-0.4, -0.2) is 35.7 Å². The molecule has 0 saturated carbocycles. The average molecular weight is 214 g/mol. The van der Waals surface area contributed by atoms with Gasteiger partial charge in [-0.3, -0.25) is 4.68 Å². The summed E-state index contributed by atoms with van der Waals surface area (Å²) in [7, 11) is 5.01. The Kier molecular flexibility index (Phi) is 4.58. The van der Waals surface area contributed by atoms with Gasteiger partial charge in [-0.25, -0.2) is 0 Å². The quantitative estimate of drug-likeness (QED) is 0.714. The van der Waals surface area contributed by atoms with Crippen molar-refractivity contribution in [3.05, 3.63) is 11.9 Å². The fraction of sp³-hybridized carbons (Fsp3) is 0.700. The number of nitrogens with zero attached hydrogens (tertiary/aromatic N) is 2. The zero-order valence-corrected chi connectivity index (χ0v) is 9.43. The summed E-state index contributed by atoms with van der Waals surface area (Å²) < 4.78 is 11.7. The molecule has 5 nitrogen and oxygen atoms in total. The SMILES string of the molecule is COCCCC(O)c1c(OC)cnn1C. The van der Waals surface area contributed by atoms with Crippen molar-refractivity contribution in [1.29, 1.82) is 0 Å². The summed E-state index contributed by atoms with van der Waals surface area (Å²) >= 11 is 0. The van der Waals surface area contributed by atoms with Crippen LogP contribution in [-0.2, 0) is 11.8 Å². The van der Waals surface area contributed by atoms with Gasteiger partial charge in [-0.1, -0.05) is 0 Å². The molecule has 1 N–H and O–H groups in total. The lowest BCUT2D eigenvalue weighted by Gasteiger charge is -2.12. The number of aromatic nitrogens is 2. The highest BCUT2D eigenvalue weighted by atomic mass is 16.5. The highest BCUT2D eigenvalue weighted by Crippen LogP contribution is 2.26. The predicted octanol–water partition coefficient (Wildman–Crippen LogP) is 0.889. The minimum atomic E-state index is -0.553. The van der Waals surface area contributed by atoms with Gasteiger partial charge >= 0.3 is 0 Å². The van der Waals surface area contributed by atoms with Crippen LogP contribution in [0.2, 0.25) is 0 Å². The molecule has 1 heterocycles. The fourth-order valence-electron chi connectivity index (χ4n) is 1.52. The Balaban J connectivity index is 2.63. The van der Waals surface area contributed by atoms with Crippen molar-refractivity contribution in [2.24, 2.45) is 7.05 Å². The van der Waals surface area contributed by atoms with E-state index in [-0.39, 0.29) is 0 Å². The highest BCUT2D eigenvalue weighted by Gasteiger charge is 2.17. The van der Waals surface area contributed by atoms with E-state index in [2.05, 4.69) is 5.10 Å². The zero-order chi connectivity index (χ0) is 11.3. The van der Waals surface area contributed by atoms with Gasteiger partial charge in [0.05, 0.1) is 19.4 Å². The van der Waals surface area contributed by atoms with E-state index in [9.17, 15) is 5.11 Å². The summed E-state index contributed by atoms with van der Waals surface area (Å²) in [5.41, 5.74) is 0.716. The van der Waals surface area contributed by atoms with Gasteiger partial charge in [-0.2, -0.15) is 5.10 Å². The number of aliphatic hydroxyl groups is 1. The molecule has 1 atom stereocenters. The molecule has 5 heteroatoms. The topological polar surface area (TPSA) is 56.5 Å². The normalized spacial score (nSPS) is 12.8. The molecule has 0 aliphatic rings. The standard InChI is InChI=1S/C10H18N2O3/c1-12-10(9(15-3)7-11-12)8(13)5-4-6-14-2/h7-8,13H,4-6H2,1-3H3. The van der Waals surface area contributed by atoms with E-state index in [1.807, 2.05) is 0 Å². The monoisotopic (exact) mass is 214 g/mol. The molecule has 0 aliphatic heterocycles. The molecule has 1 rings (SSSR count). The van der Waals surface area contributed by atoms with E-state index in [0.717, 1.165) is 6.42 Å². The Morgan fingerprint density at radius 1 is 1.53 bits per heavy atom. The van der Waals surface area contributed by atoms with Crippen LogP contribution in [0.4, 0.5) is 0 Å². The maximum absolute atomic E-state index is 9.93. The summed E-state index contributed by atoms with van der Waals surface area (Å²) in [4.78, 5) is 0. The van der Waals surface area contributed by atoms with Crippen molar-refractivity contribution in [2.75, 3.05) is 20.8 Å². The van der Waals surface area contributed by atoms with E-state index < -0.39 is 6.10 Å². The lowest BCUT2D eigenvalue weighted by molar-refractivity contribution is 0.127. The number of rotatable bonds is 6. The summed E-state index contributed by atoms with van der Waals surface area (Å²) in [6, 6.07) is 0. The van der Waals surface area contributed by atoms with Gasteiger partial charge in [-0.15, -0.1) is 0 Å². The van der Waals surface area contributed by atoms with Crippen LogP contribution in [0.25, 0.3) is 0 Å². The molecule has 0 fully saturated rings. The first-order valence-electron chi connectivity index (χ1n) is 4.93. The molecular weight excluding hydrogens is 196 g/mol. The number of methoxy groups -OCH3 is 2. The Morgan fingerprint density at radius 2 is 2.27 bits per heavy atom. The molecule has 1 aromatic rings. The second-order valence-electron chi connectivity index (χ2n) is 3.37. The minimum Gasteiger partial charge on any atom is -0.493 e. The van der Waals surface area contributed by atoms with E-state index >= 15 is 0 Å². The van der Waals surface area contributed by atoms with Crippen LogP contribution in [0.1, 0.15) is 24.6 Å². The number of hydrogen-bond donors (Lipinski definition) is 1. The largest absolute Gasteiger partial charge is 0.493 e. The highest BCUT2D eigenvalue weighted by molar-refractivity contribution is 5.26. The molecule has 86 valence electrons. The van der Waals surface area contributed by atoms with Gasteiger partial charge in [0.2, 0.25) is 0 Å². The molecule has 0 spiro atoms. The van der Waals surface area contributed by atoms with Crippen LogP contribution in [0.15, 0.2) is 6.20 Å². The molecule has 1 unspecified atom stereocenters. The van der Waals surface area contributed by atoms with E-state index in [4.69, 9.17) is 9.47 Å². The first-order valence-corrected chi connectivity index (χ1v) is 4.93. The van der Waals surface area contributed by atoms with Gasteiger partial charge in [0.15, 0.2) is 5.75 Å². The predicted molar refractivity (Wildman–Crippen MR) is 55.8 cm³/mol. The van der Waals surface area contributed by atoms with Gasteiger partial charge in [0.1, 0.15) is 5.69 Å². The summed E-state index contributed by atoms with van der Waals surface area (Å²) in [6.45, 7) is 0.650. The first-order chi connectivity index (χ1) is 7.20. The van der Waals surface area contributed by atoms with Crippen molar-refractivity contribution in [3.63, 3.8) is 0 Å². The number of aryl methyl sites for hydroxylation is 1. The Hall–Kier alpha value is -1.07. The average Bonchev–Trinajstić information content (AvgIpc) is 2.59. The second-order valence-corrected chi connectivity index (χ2v) is 3.37. The van der Waals surface area contributed by atoms with E-state index in [0.29, 0.717) is 24.5 Å². The molecule has 0 aliphatic carbocycles. The smallest absolute Gasteiger partial charge is 0.162 e. The van der Waals surface area contributed by atoms with Crippen molar-refractivity contribution in [1.82, 2.24) is 9.78 Å². The number of aliphatic hydroxyl groups excluding tert-OH is 1. The van der Waals surface area contributed by atoms with Crippen LogP contribution in [0, 0.1) is 0 Å². The van der Waals surface area contributed by atoms with Gasteiger partial charge in [0, 0.05) is 20.8 Å². The zero-order valence-electron chi connectivity index (χ0n) is 9.43. The van der Waals surface area contributed by atoms with E-state index in [1.165, 1.54) is 0 Å². The van der Waals surface area contributed by atoms with Crippen molar-refractivity contribution >= 4 is 0 Å². The van der Waals surface area contributed by atoms with Gasteiger partial charge in [-0.05, 0) is 12.8 Å². The third kappa shape index (κ3) is 2.94. The van der Waals surface area contributed by atoms with Crippen molar-refractivity contribution in [2.45, 2.75) is 18.9 Å². The third-order valence-electron chi connectivity index (χ3n) is 2.31.